The van der Waals surface area contributed by atoms with Crippen molar-refractivity contribution >= 4 is 15.9 Å². The summed E-state index contributed by atoms with van der Waals surface area (Å²) in [6.45, 7) is 12.0. The lowest BCUT2D eigenvalue weighted by Gasteiger charge is -2.49. The zero-order chi connectivity index (χ0) is 15.2. The second-order valence-corrected chi connectivity index (χ2v) is 8.81. The quantitative estimate of drug-likeness (QED) is 0.879. The van der Waals surface area contributed by atoms with Crippen molar-refractivity contribution in [3.8, 4) is 0 Å². The Bertz CT molecular complexity index is 475. The first kappa shape index (κ1) is 16.0. The van der Waals surface area contributed by atoms with Crippen molar-refractivity contribution in [1.29, 1.82) is 0 Å². The van der Waals surface area contributed by atoms with Crippen LogP contribution in [0.4, 0.5) is 0 Å². The predicted octanol–water partition coefficient (Wildman–Crippen LogP) is 4.48. The molecule has 1 heterocycles. The Morgan fingerprint density at radius 1 is 1.20 bits per heavy atom. The summed E-state index contributed by atoms with van der Waals surface area (Å²) in [5.41, 5.74) is 0.435. The van der Waals surface area contributed by atoms with Crippen molar-refractivity contribution in [2.75, 3.05) is 0 Å². The topological polar surface area (TPSA) is 38.0 Å². The molecule has 114 valence electrons. The highest BCUT2D eigenvalue weighted by molar-refractivity contribution is 9.10. The molecule has 0 aromatic carbocycles. The van der Waals surface area contributed by atoms with Crippen LogP contribution in [0.2, 0.25) is 0 Å². The average Bonchev–Trinajstić information content (AvgIpc) is 2.55. The van der Waals surface area contributed by atoms with E-state index in [-0.39, 0.29) is 10.8 Å². The van der Waals surface area contributed by atoms with Crippen LogP contribution in [-0.2, 0) is 12.1 Å². The number of halogens is 1. The Hall–Kier alpha value is -0.350. The zero-order valence-corrected chi connectivity index (χ0v) is 14.9. The van der Waals surface area contributed by atoms with Crippen molar-refractivity contribution in [2.45, 2.75) is 72.4 Å². The summed E-state index contributed by atoms with van der Waals surface area (Å²) in [5.74, 6) is 0. The molecule has 0 saturated heterocycles. The minimum atomic E-state index is -0.796. The maximum Gasteiger partial charge on any atom is 0.108 e. The lowest BCUT2D eigenvalue weighted by molar-refractivity contribution is -0.0968. The molecule has 0 bridgehead atoms. The van der Waals surface area contributed by atoms with Gasteiger partial charge in [-0.25, -0.2) is 0 Å². The number of rotatable bonds is 3. The van der Waals surface area contributed by atoms with Crippen molar-refractivity contribution in [3.63, 3.8) is 0 Å². The lowest BCUT2D eigenvalue weighted by atomic mass is 9.59. The third kappa shape index (κ3) is 3.11. The molecule has 0 radical (unpaired) electrons. The molecule has 2 rings (SSSR count). The van der Waals surface area contributed by atoms with E-state index in [4.69, 9.17) is 0 Å². The Morgan fingerprint density at radius 2 is 1.75 bits per heavy atom. The van der Waals surface area contributed by atoms with Gasteiger partial charge in [0.25, 0.3) is 0 Å². The highest BCUT2D eigenvalue weighted by atomic mass is 79.9. The highest BCUT2D eigenvalue weighted by Gasteiger charge is 2.49. The molecule has 1 aromatic rings. The molecule has 0 spiro atoms. The van der Waals surface area contributed by atoms with Crippen LogP contribution in [0, 0.1) is 10.8 Å². The van der Waals surface area contributed by atoms with Crippen LogP contribution in [0.1, 0.15) is 66.0 Å². The minimum Gasteiger partial charge on any atom is -0.383 e. The smallest absolute Gasteiger partial charge is 0.108 e. The first-order valence-electron chi connectivity index (χ1n) is 7.53. The van der Waals surface area contributed by atoms with E-state index < -0.39 is 5.60 Å². The van der Waals surface area contributed by atoms with Gasteiger partial charge in [0.1, 0.15) is 5.60 Å². The van der Waals surface area contributed by atoms with Crippen molar-refractivity contribution in [1.82, 2.24) is 9.78 Å². The predicted molar refractivity (Wildman–Crippen MR) is 85.5 cm³/mol. The first-order chi connectivity index (χ1) is 9.09. The summed E-state index contributed by atoms with van der Waals surface area (Å²) >= 11 is 3.59. The Balaban J connectivity index is 2.46. The molecule has 1 fully saturated rings. The van der Waals surface area contributed by atoms with E-state index in [0.717, 1.165) is 42.4 Å². The molecule has 1 N–H and O–H groups in total. The molecule has 0 aliphatic heterocycles. The molecule has 20 heavy (non-hydrogen) atoms. The number of hydrogen-bond donors (Lipinski definition) is 1. The zero-order valence-electron chi connectivity index (χ0n) is 13.3. The molecule has 4 heteroatoms. The monoisotopic (exact) mass is 342 g/mol. The standard InChI is InChI=1S/C16H27BrN2O/c1-6-7-19-13(12(17)8-18-19)16(20)10-14(2,3)9-15(4,5)11-16/h8,20H,6-7,9-11H2,1-5H3. The van der Waals surface area contributed by atoms with Crippen LogP contribution in [0.5, 0.6) is 0 Å². The first-order valence-corrected chi connectivity index (χ1v) is 8.32. The van der Waals surface area contributed by atoms with Crippen LogP contribution in [0.25, 0.3) is 0 Å². The van der Waals surface area contributed by atoms with E-state index in [9.17, 15) is 5.11 Å². The van der Waals surface area contributed by atoms with Gasteiger partial charge in [0.05, 0.1) is 16.4 Å². The minimum absolute atomic E-state index is 0.136. The van der Waals surface area contributed by atoms with Gasteiger partial charge in [0, 0.05) is 6.54 Å². The molecular formula is C16H27BrN2O. The number of aromatic nitrogens is 2. The molecule has 3 nitrogen and oxygen atoms in total. The van der Waals surface area contributed by atoms with E-state index >= 15 is 0 Å². The van der Waals surface area contributed by atoms with E-state index in [1.807, 2.05) is 10.9 Å². The summed E-state index contributed by atoms with van der Waals surface area (Å²) in [7, 11) is 0. The van der Waals surface area contributed by atoms with Gasteiger partial charge in [-0.1, -0.05) is 34.6 Å². The van der Waals surface area contributed by atoms with Crippen LogP contribution in [-0.4, -0.2) is 14.9 Å². The molecule has 1 saturated carbocycles. The Morgan fingerprint density at radius 3 is 2.25 bits per heavy atom. The van der Waals surface area contributed by atoms with Crippen molar-refractivity contribution in [3.05, 3.63) is 16.4 Å². The van der Waals surface area contributed by atoms with Crippen LogP contribution >= 0.6 is 15.9 Å². The lowest BCUT2D eigenvalue weighted by Crippen LogP contribution is -2.45. The largest absolute Gasteiger partial charge is 0.383 e. The van der Waals surface area contributed by atoms with Gasteiger partial charge in [-0.05, 0) is 52.4 Å². The van der Waals surface area contributed by atoms with Gasteiger partial charge in [0.15, 0.2) is 0 Å². The van der Waals surface area contributed by atoms with Gasteiger partial charge in [-0.3, -0.25) is 4.68 Å². The SMILES string of the molecule is CCCn1ncc(Br)c1C1(O)CC(C)(C)CC(C)(C)C1. The number of hydrogen-bond acceptors (Lipinski definition) is 2. The van der Waals surface area contributed by atoms with Crippen LogP contribution in [0.3, 0.4) is 0 Å². The van der Waals surface area contributed by atoms with Gasteiger partial charge >= 0.3 is 0 Å². The maximum absolute atomic E-state index is 11.4. The van der Waals surface area contributed by atoms with Crippen molar-refractivity contribution in [2.24, 2.45) is 10.8 Å². The van der Waals surface area contributed by atoms with Gasteiger partial charge in [0.2, 0.25) is 0 Å². The molecule has 1 aliphatic carbocycles. The third-order valence-corrected chi connectivity index (χ3v) is 4.75. The molecule has 0 amide bonds. The van der Waals surface area contributed by atoms with Crippen LogP contribution < -0.4 is 0 Å². The van der Waals surface area contributed by atoms with E-state index in [1.165, 1.54) is 0 Å². The summed E-state index contributed by atoms with van der Waals surface area (Å²) in [6, 6.07) is 0. The summed E-state index contributed by atoms with van der Waals surface area (Å²) in [6.07, 6.45) is 5.55. The number of aliphatic hydroxyl groups is 1. The Labute approximate surface area is 130 Å². The fourth-order valence-corrected chi connectivity index (χ4v) is 5.11. The second kappa shape index (κ2) is 5.13. The number of aryl methyl sites for hydroxylation is 1. The third-order valence-electron chi connectivity index (χ3n) is 4.17. The van der Waals surface area contributed by atoms with Crippen molar-refractivity contribution < 1.29 is 5.11 Å². The molecular weight excluding hydrogens is 316 g/mol. The fraction of sp³-hybridized carbons (Fsp3) is 0.812. The summed E-state index contributed by atoms with van der Waals surface area (Å²) in [5, 5.41) is 15.8. The van der Waals surface area contributed by atoms with Crippen LogP contribution in [0.15, 0.2) is 10.7 Å². The fourth-order valence-electron chi connectivity index (χ4n) is 4.44. The molecule has 1 aromatic heterocycles. The van der Waals surface area contributed by atoms with E-state index in [0.29, 0.717) is 0 Å². The number of nitrogens with zero attached hydrogens (tertiary/aromatic N) is 2. The second-order valence-electron chi connectivity index (χ2n) is 7.95. The highest BCUT2D eigenvalue weighted by Crippen LogP contribution is 2.54. The van der Waals surface area contributed by atoms with E-state index in [2.05, 4.69) is 55.6 Å². The normalized spacial score (nSPS) is 23.8. The maximum atomic E-state index is 11.4. The summed E-state index contributed by atoms with van der Waals surface area (Å²) < 4.78 is 2.91. The summed E-state index contributed by atoms with van der Waals surface area (Å²) in [4.78, 5) is 0. The van der Waals surface area contributed by atoms with E-state index in [1.54, 1.807) is 0 Å². The Kier molecular flexibility index (Phi) is 4.11. The molecule has 1 aliphatic rings. The van der Waals surface area contributed by atoms with Gasteiger partial charge in [-0.15, -0.1) is 0 Å². The average molecular weight is 343 g/mol. The van der Waals surface area contributed by atoms with Gasteiger partial charge < -0.3 is 5.11 Å². The van der Waals surface area contributed by atoms with Gasteiger partial charge in [-0.2, -0.15) is 5.10 Å². The molecule has 0 atom stereocenters. The molecule has 0 unspecified atom stereocenters.